The summed E-state index contributed by atoms with van der Waals surface area (Å²) in [5.41, 5.74) is 0. The monoisotopic (exact) mass is 194 g/mol. The summed E-state index contributed by atoms with van der Waals surface area (Å²) in [6, 6.07) is 3.48. The summed E-state index contributed by atoms with van der Waals surface area (Å²) in [6.45, 7) is 3.59. The Balaban J connectivity index is 2.57. The molecular weight excluding hydrogens is 180 g/mol. The van der Waals surface area contributed by atoms with E-state index in [4.69, 9.17) is 4.42 Å². The lowest BCUT2D eigenvalue weighted by Gasteiger charge is -2.09. The van der Waals surface area contributed by atoms with Gasteiger partial charge >= 0.3 is 0 Å². The molecule has 3 nitrogen and oxygen atoms in total. The standard InChI is InChI=1S/C11H14O3/c1-8(2)11(13)10(12)6-5-9-4-3-7-14-9/h3-8,11,13H,1-2H3/b6-5+/t11-/m1/s1. The molecule has 1 heterocycles. The summed E-state index contributed by atoms with van der Waals surface area (Å²) in [5, 5.41) is 9.39. The van der Waals surface area contributed by atoms with Crippen molar-refractivity contribution in [2.45, 2.75) is 20.0 Å². The van der Waals surface area contributed by atoms with E-state index in [0.717, 1.165) is 0 Å². The van der Waals surface area contributed by atoms with Gasteiger partial charge in [-0.05, 0) is 30.2 Å². The molecule has 1 N–H and O–H groups in total. The Hall–Kier alpha value is -1.35. The van der Waals surface area contributed by atoms with Crippen molar-refractivity contribution in [3.63, 3.8) is 0 Å². The van der Waals surface area contributed by atoms with Crippen LogP contribution < -0.4 is 0 Å². The molecule has 0 saturated carbocycles. The average molecular weight is 194 g/mol. The lowest BCUT2D eigenvalue weighted by atomic mass is 10.0. The van der Waals surface area contributed by atoms with Crippen molar-refractivity contribution in [1.82, 2.24) is 0 Å². The first-order valence-electron chi connectivity index (χ1n) is 4.54. The molecule has 0 spiro atoms. The van der Waals surface area contributed by atoms with Crippen molar-refractivity contribution >= 4 is 11.9 Å². The van der Waals surface area contributed by atoms with Gasteiger partial charge in [0.15, 0.2) is 5.78 Å². The van der Waals surface area contributed by atoms with Crippen molar-refractivity contribution in [2.75, 3.05) is 0 Å². The van der Waals surface area contributed by atoms with Gasteiger partial charge in [0, 0.05) is 0 Å². The van der Waals surface area contributed by atoms with E-state index in [9.17, 15) is 9.90 Å². The second-order valence-corrected chi connectivity index (χ2v) is 3.44. The molecule has 1 atom stereocenters. The van der Waals surface area contributed by atoms with Gasteiger partial charge in [-0.25, -0.2) is 0 Å². The molecule has 0 aliphatic rings. The number of aliphatic hydroxyl groups excluding tert-OH is 1. The number of rotatable bonds is 4. The van der Waals surface area contributed by atoms with Crippen LogP contribution in [0.15, 0.2) is 28.9 Å². The van der Waals surface area contributed by atoms with Gasteiger partial charge in [0.05, 0.1) is 6.26 Å². The smallest absolute Gasteiger partial charge is 0.184 e. The predicted octanol–water partition coefficient (Wildman–Crippen LogP) is 1.88. The number of ketones is 1. The van der Waals surface area contributed by atoms with E-state index < -0.39 is 6.10 Å². The highest BCUT2D eigenvalue weighted by atomic mass is 16.3. The zero-order chi connectivity index (χ0) is 10.6. The number of aliphatic hydroxyl groups is 1. The molecule has 76 valence electrons. The molecule has 0 aromatic carbocycles. The zero-order valence-corrected chi connectivity index (χ0v) is 8.31. The van der Waals surface area contributed by atoms with E-state index in [0.29, 0.717) is 5.76 Å². The molecule has 1 aromatic heterocycles. The number of hydrogen-bond donors (Lipinski definition) is 1. The normalized spacial score (nSPS) is 13.7. The van der Waals surface area contributed by atoms with E-state index in [1.807, 2.05) is 0 Å². The van der Waals surface area contributed by atoms with Crippen LogP contribution in [-0.4, -0.2) is 17.0 Å². The number of carbonyl (C=O) groups is 1. The summed E-state index contributed by atoms with van der Waals surface area (Å²) < 4.78 is 5.00. The van der Waals surface area contributed by atoms with Crippen LogP contribution in [0.4, 0.5) is 0 Å². The van der Waals surface area contributed by atoms with Crippen molar-refractivity contribution in [2.24, 2.45) is 5.92 Å². The first-order valence-corrected chi connectivity index (χ1v) is 4.54. The third kappa shape index (κ3) is 2.85. The van der Waals surface area contributed by atoms with E-state index in [2.05, 4.69) is 0 Å². The van der Waals surface area contributed by atoms with Crippen LogP contribution in [0.25, 0.3) is 6.08 Å². The number of furan rings is 1. The van der Waals surface area contributed by atoms with Gasteiger partial charge in [0.1, 0.15) is 11.9 Å². The van der Waals surface area contributed by atoms with Crippen molar-refractivity contribution in [3.8, 4) is 0 Å². The highest BCUT2D eigenvalue weighted by molar-refractivity contribution is 5.96. The molecule has 0 fully saturated rings. The SMILES string of the molecule is CC(C)[C@@H](O)C(=O)/C=C/c1ccco1. The van der Waals surface area contributed by atoms with E-state index >= 15 is 0 Å². The molecule has 0 unspecified atom stereocenters. The topological polar surface area (TPSA) is 50.4 Å². The molecule has 14 heavy (non-hydrogen) atoms. The summed E-state index contributed by atoms with van der Waals surface area (Å²) in [7, 11) is 0. The van der Waals surface area contributed by atoms with Gasteiger partial charge < -0.3 is 9.52 Å². The fraction of sp³-hybridized carbons (Fsp3) is 0.364. The quantitative estimate of drug-likeness (QED) is 0.744. The first kappa shape index (κ1) is 10.7. The van der Waals surface area contributed by atoms with Gasteiger partial charge in [-0.15, -0.1) is 0 Å². The molecule has 0 saturated heterocycles. The molecule has 1 aromatic rings. The predicted molar refractivity (Wildman–Crippen MR) is 53.6 cm³/mol. The van der Waals surface area contributed by atoms with Crippen LogP contribution in [0.2, 0.25) is 0 Å². The van der Waals surface area contributed by atoms with Gasteiger partial charge in [-0.3, -0.25) is 4.79 Å². The zero-order valence-electron chi connectivity index (χ0n) is 8.31. The van der Waals surface area contributed by atoms with E-state index in [1.165, 1.54) is 12.3 Å². The van der Waals surface area contributed by atoms with Crippen LogP contribution in [0, 0.1) is 5.92 Å². The fourth-order valence-electron chi connectivity index (χ4n) is 0.977. The lowest BCUT2D eigenvalue weighted by molar-refractivity contribution is -0.124. The maximum Gasteiger partial charge on any atom is 0.184 e. The highest BCUT2D eigenvalue weighted by Gasteiger charge is 2.15. The first-order chi connectivity index (χ1) is 6.61. The van der Waals surface area contributed by atoms with Crippen molar-refractivity contribution in [1.29, 1.82) is 0 Å². The maximum absolute atomic E-state index is 11.3. The molecule has 1 rings (SSSR count). The van der Waals surface area contributed by atoms with Crippen LogP contribution in [-0.2, 0) is 4.79 Å². The lowest BCUT2D eigenvalue weighted by Crippen LogP contribution is -2.23. The Morgan fingerprint density at radius 3 is 2.79 bits per heavy atom. The number of hydrogen-bond acceptors (Lipinski definition) is 3. The minimum absolute atomic E-state index is 0.0660. The third-order valence-corrected chi connectivity index (χ3v) is 1.88. The Bertz CT molecular complexity index is 309. The minimum Gasteiger partial charge on any atom is -0.465 e. The summed E-state index contributed by atoms with van der Waals surface area (Å²) >= 11 is 0. The Morgan fingerprint density at radius 2 is 2.29 bits per heavy atom. The van der Waals surface area contributed by atoms with E-state index in [-0.39, 0.29) is 11.7 Å². The molecule has 3 heteroatoms. The molecule has 0 aliphatic carbocycles. The largest absolute Gasteiger partial charge is 0.465 e. The summed E-state index contributed by atoms with van der Waals surface area (Å²) in [6.07, 6.45) is 3.49. The molecule has 0 aliphatic heterocycles. The molecule has 0 bridgehead atoms. The summed E-state index contributed by atoms with van der Waals surface area (Å²) in [4.78, 5) is 11.3. The average Bonchev–Trinajstić information content (AvgIpc) is 2.65. The molecule has 0 amide bonds. The third-order valence-electron chi connectivity index (χ3n) is 1.88. The fourth-order valence-corrected chi connectivity index (χ4v) is 0.977. The molecular formula is C11H14O3. The van der Waals surface area contributed by atoms with Gasteiger partial charge in [-0.2, -0.15) is 0 Å². The van der Waals surface area contributed by atoms with Gasteiger partial charge in [0.2, 0.25) is 0 Å². The minimum atomic E-state index is -0.929. The number of carbonyl (C=O) groups excluding carboxylic acids is 1. The van der Waals surface area contributed by atoms with Crippen molar-refractivity contribution < 1.29 is 14.3 Å². The Kier molecular flexibility index (Phi) is 3.65. The second kappa shape index (κ2) is 4.77. The Labute approximate surface area is 83.0 Å². The second-order valence-electron chi connectivity index (χ2n) is 3.44. The van der Waals surface area contributed by atoms with Crippen LogP contribution in [0.5, 0.6) is 0 Å². The van der Waals surface area contributed by atoms with Gasteiger partial charge in [-0.1, -0.05) is 13.8 Å². The Morgan fingerprint density at radius 1 is 1.57 bits per heavy atom. The van der Waals surface area contributed by atoms with Crippen LogP contribution in [0.1, 0.15) is 19.6 Å². The van der Waals surface area contributed by atoms with Crippen LogP contribution >= 0.6 is 0 Å². The van der Waals surface area contributed by atoms with Crippen LogP contribution in [0.3, 0.4) is 0 Å². The van der Waals surface area contributed by atoms with Gasteiger partial charge in [0.25, 0.3) is 0 Å². The summed E-state index contributed by atoms with van der Waals surface area (Å²) in [5.74, 6) is 0.245. The molecule has 0 radical (unpaired) electrons. The van der Waals surface area contributed by atoms with Crippen molar-refractivity contribution in [3.05, 3.63) is 30.2 Å². The maximum atomic E-state index is 11.3. The highest BCUT2D eigenvalue weighted by Crippen LogP contribution is 2.06. The van der Waals surface area contributed by atoms with E-state index in [1.54, 1.807) is 32.1 Å².